The molecule has 0 saturated carbocycles. The molecule has 1 unspecified atom stereocenters. The summed E-state index contributed by atoms with van der Waals surface area (Å²) < 4.78 is 40.5. The number of aliphatic hydroxyl groups is 1. The van der Waals surface area contributed by atoms with Gasteiger partial charge in [-0.15, -0.1) is 0 Å². The van der Waals surface area contributed by atoms with Crippen molar-refractivity contribution < 1.29 is 28.3 Å². The number of rotatable bonds is 11. The molecular weight excluding hydrogens is 636 g/mol. The molecule has 5 atom stereocenters. The van der Waals surface area contributed by atoms with Gasteiger partial charge < -0.3 is 28.8 Å². The number of hydrogen-bond donors (Lipinski definition) is 2. The van der Waals surface area contributed by atoms with Crippen LogP contribution in [0.4, 0.5) is 5.69 Å². The second-order valence-corrected chi connectivity index (χ2v) is 20.9. The van der Waals surface area contributed by atoms with Crippen LogP contribution in [0.2, 0.25) is 30.7 Å². The van der Waals surface area contributed by atoms with Crippen LogP contribution in [0, 0.1) is 0 Å². The van der Waals surface area contributed by atoms with E-state index in [0.29, 0.717) is 51.6 Å². The van der Waals surface area contributed by atoms with Gasteiger partial charge in [0.15, 0.2) is 17.6 Å². The minimum Gasteiger partial charge on any atom is -0.456 e. The maximum Gasteiger partial charge on any atom is 0.301 e. The highest BCUT2D eigenvalue weighted by molar-refractivity contribution is 8.00. The highest BCUT2D eigenvalue weighted by Crippen LogP contribution is 2.34. The van der Waals surface area contributed by atoms with E-state index in [2.05, 4.69) is 40.2 Å². The summed E-state index contributed by atoms with van der Waals surface area (Å²) in [6.07, 6.45) is 2.92. The second-order valence-electron chi connectivity index (χ2n) is 12.6. The molecule has 45 heavy (non-hydrogen) atoms. The number of benzene rings is 1. The summed E-state index contributed by atoms with van der Waals surface area (Å²) in [5, 5.41) is 10.6. The molecule has 240 valence electrons. The van der Waals surface area contributed by atoms with Gasteiger partial charge in [0.2, 0.25) is 0 Å². The summed E-state index contributed by atoms with van der Waals surface area (Å²) in [7, 11) is -3.68. The van der Waals surface area contributed by atoms with E-state index in [0.717, 1.165) is 11.6 Å². The van der Waals surface area contributed by atoms with E-state index >= 15 is 0 Å². The Labute approximate surface area is 268 Å². The van der Waals surface area contributed by atoms with Gasteiger partial charge in [-0.1, -0.05) is 31.2 Å². The molecule has 15 heteroatoms. The quantitative estimate of drug-likeness (QED) is 0.136. The van der Waals surface area contributed by atoms with Gasteiger partial charge in [0.05, 0.1) is 23.9 Å². The van der Waals surface area contributed by atoms with Gasteiger partial charge in [-0.25, -0.2) is 19.2 Å². The van der Waals surface area contributed by atoms with E-state index in [9.17, 15) is 9.32 Å². The zero-order chi connectivity index (χ0) is 31.9. The Morgan fingerprint density at radius 3 is 2.51 bits per heavy atom. The molecule has 2 saturated heterocycles. The fraction of sp³-hybridized carbons (Fsp3) is 0.433. The maximum atomic E-state index is 11.9. The Kier molecular flexibility index (Phi) is 8.91. The number of fused-ring (bicyclic) bond motifs is 2. The molecule has 4 aromatic rings. The van der Waals surface area contributed by atoms with E-state index in [1.54, 1.807) is 35.2 Å². The lowest BCUT2D eigenvalue weighted by molar-refractivity contribution is 0.00336. The van der Waals surface area contributed by atoms with Crippen LogP contribution < -0.4 is 9.46 Å². The van der Waals surface area contributed by atoms with Gasteiger partial charge in [0.25, 0.3) is 0 Å². The van der Waals surface area contributed by atoms with Crippen molar-refractivity contribution >= 4 is 52.1 Å². The predicted octanol–water partition coefficient (Wildman–Crippen LogP) is 4.10. The topological polar surface area (TPSA) is 143 Å². The third-order valence-electron chi connectivity index (χ3n) is 7.50. The molecule has 3 aromatic heterocycles. The molecule has 1 aromatic carbocycles. The lowest BCUT2D eigenvalue weighted by Gasteiger charge is -2.19. The number of hydrogen-bond acceptors (Lipinski definition) is 10. The molecular formula is C30H37ClN6O6SSi. The summed E-state index contributed by atoms with van der Waals surface area (Å²) in [6, 6.07) is 10.3. The van der Waals surface area contributed by atoms with Crippen molar-refractivity contribution in [1.29, 1.82) is 0 Å². The van der Waals surface area contributed by atoms with Crippen LogP contribution in [-0.4, -0.2) is 98.3 Å². The van der Waals surface area contributed by atoms with Gasteiger partial charge >= 0.3 is 6.01 Å². The number of pyridine rings is 1. The van der Waals surface area contributed by atoms with Crippen molar-refractivity contribution in [3.8, 4) is 28.7 Å². The van der Waals surface area contributed by atoms with E-state index in [1.807, 2.05) is 12.1 Å². The molecule has 6 rings (SSSR count). The van der Waals surface area contributed by atoms with Gasteiger partial charge in [0, 0.05) is 59.9 Å². The Hall–Kier alpha value is -3.11. The van der Waals surface area contributed by atoms with Crippen molar-refractivity contribution in [1.82, 2.24) is 24.5 Å². The largest absolute Gasteiger partial charge is 0.456 e. The zero-order valence-corrected chi connectivity index (χ0v) is 28.2. The molecule has 2 aliphatic rings. The van der Waals surface area contributed by atoms with Crippen molar-refractivity contribution in [3.05, 3.63) is 47.7 Å². The first-order valence-electron chi connectivity index (χ1n) is 14.6. The van der Waals surface area contributed by atoms with E-state index in [-0.39, 0.29) is 19.9 Å². The number of imidazole rings is 1. The van der Waals surface area contributed by atoms with Crippen molar-refractivity contribution in [3.63, 3.8) is 0 Å². The monoisotopic (exact) mass is 672 g/mol. The molecule has 5 heterocycles. The summed E-state index contributed by atoms with van der Waals surface area (Å²) in [4.78, 5) is 18.7. The third kappa shape index (κ3) is 7.32. The predicted molar refractivity (Wildman–Crippen MR) is 178 cm³/mol. The van der Waals surface area contributed by atoms with Crippen LogP contribution in [0.1, 0.15) is 0 Å². The lowest BCUT2D eigenvalue weighted by Crippen LogP contribution is -2.35. The number of halogens is 1. The molecule has 0 spiro atoms. The second kappa shape index (κ2) is 12.6. The fourth-order valence-corrected chi connectivity index (χ4v) is 6.81. The number of ether oxygens (including phenoxy) is 4. The number of nitrogens with one attached hydrogen (secondary N) is 1. The van der Waals surface area contributed by atoms with Gasteiger partial charge in [-0.3, -0.25) is 4.57 Å². The van der Waals surface area contributed by atoms with Gasteiger partial charge in [-0.05, 0) is 42.2 Å². The first-order chi connectivity index (χ1) is 21.3. The van der Waals surface area contributed by atoms with Crippen molar-refractivity contribution in [2.24, 2.45) is 0 Å². The van der Waals surface area contributed by atoms with Crippen molar-refractivity contribution in [2.75, 3.05) is 30.8 Å². The van der Waals surface area contributed by atoms with E-state index in [4.69, 9.17) is 40.5 Å². The SMILES string of the molecule is C=S(C)(=O)Nc1ccc(-c2ncc(-c3nc4c(cc3Cl)nc(O[C@@H]3CO[C@H]5[C@@H]3OC[C@H]5O)n4COCC[Si](C)(C)C)cn2)cc1. The summed E-state index contributed by atoms with van der Waals surface area (Å²) in [5.41, 5.74) is 3.68. The van der Waals surface area contributed by atoms with E-state index < -0.39 is 42.2 Å². The maximum absolute atomic E-state index is 11.9. The number of anilines is 1. The molecule has 2 N–H and O–H groups in total. The first-order valence-corrected chi connectivity index (χ1v) is 20.8. The van der Waals surface area contributed by atoms with Crippen LogP contribution in [-0.2, 0) is 30.6 Å². The molecule has 0 aliphatic carbocycles. The molecule has 2 fully saturated rings. The average Bonchev–Trinajstić information content (AvgIpc) is 3.65. The van der Waals surface area contributed by atoms with Gasteiger partial charge in [0.1, 0.15) is 30.6 Å². The molecule has 2 aliphatic heterocycles. The first kappa shape index (κ1) is 31.9. The number of aromatic nitrogens is 5. The van der Waals surface area contributed by atoms with Crippen LogP contribution in [0.3, 0.4) is 0 Å². The summed E-state index contributed by atoms with van der Waals surface area (Å²) in [5.74, 6) is 4.14. The third-order valence-corrected chi connectivity index (χ3v) is 10.2. The van der Waals surface area contributed by atoms with Crippen LogP contribution >= 0.6 is 11.6 Å². The zero-order valence-electron chi connectivity index (χ0n) is 25.6. The normalized spacial score (nSPS) is 22.8. The molecule has 0 radical (unpaired) electrons. The summed E-state index contributed by atoms with van der Waals surface area (Å²) in [6.45, 7) is 8.14. The fourth-order valence-electron chi connectivity index (χ4n) is 5.16. The van der Waals surface area contributed by atoms with Gasteiger partial charge in [-0.2, -0.15) is 4.98 Å². The molecule has 12 nitrogen and oxygen atoms in total. The van der Waals surface area contributed by atoms with Crippen LogP contribution in [0.5, 0.6) is 6.01 Å². The Morgan fingerprint density at radius 1 is 1.11 bits per heavy atom. The molecule has 0 bridgehead atoms. The number of nitrogens with zero attached hydrogens (tertiary/aromatic N) is 5. The smallest absolute Gasteiger partial charge is 0.301 e. The van der Waals surface area contributed by atoms with Crippen LogP contribution in [0.15, 0.2) is 42.7 Å². The minimum atomic E-state index is -2.38. The van der Waals surface area contributed by atoms with E-state index in [1.165, 1.54) is 6.26 Å². The average molecular weight is 673 g/mol. The standard InChI is InChI=1S/C30H37ClN6O6SSi/c1-44(2,39)36-20-8-6-18(7-9-20)28-32-13-19(14-33-28)25-21(31)12-22-29(35-25)37(17-40-10-11-45(3,4)5)30(34-22)43-24-16-42-26-23(38)15-41-27(24)26/h6-9,12-14,23-24,26-27,38H,1,10-11,15-17H2,2-5H3,(H,36,39)/t23-,24-,26-,27-,44?/m1/s1. The highest BCUT2D eigenvalue weighted by Gasteiger charge is 2.49. The Balaban J connectivity index is 1.28. The Bertz CT molecular complexity index is 1780. The number of aliphatic hydroxyl groups excluding tert-OH is 1. The lowest BCUT2D eigenvalue weighted by atomic mass is 10.1. The van der Waals surface area contributed by atoms with Crippen LogP contribution in [0.25, 0.3) is 33.8 Å². The molecule has 0 amide bonds. The Morgan fingerprint density at radius 2 is 1.82 bits per heavy atom. The van der Waals surface area contributed by atoms with Crippen molar-refractivity contribution in [2.45, 2.75) is 56.8 Å². The summed E-state index contributed by atoms with van der Waals surface area (Å²) >= 11 is 6.72. The highest BCUT2D eigenvalue weighted by atomic mass is 35.5. The minimum absolute atomic E-state index is 0.177.